The van der Waals surface area contributed by atoms with E-state index >= 15 is 0 Å². The van der Waals surface area contributed by atoms with Gasteiger partial charge in [-0.1, -0.05) is 27.7 Å². The summed E-state index contributed by atoms with van der Waals surface area (Å²) in [6, 6.07) is 1.40. The highest BCUT2D eigenvalue weighted by Gasteiger charge is 2.32. The first-order valence-electron chi connectivity index (χ1n) is 8.24. The van der Waals surface area contributed by atoms with E-state index in [1.54, 1.807) is 0 Å². The van der Waals surface area contributed by atoms with Gasteiger partial charge < -0.3 is 10.2 Å². The third-order valence-corrected chi connectivity index (χ3v) is 5.52. The topological polar surface area (TPSA) is 15.3 Å². The molecular formula is C17H36N2. The van der Waals surface area contributed by atoms with Crippen LogP contribution in [0.5, 0.6) is 0 Å². The van der Waals surface area contributed by atoms with Crippen LogP contribution in [0.25, 0.3) is 0 Å². The summed E-state index contributed by atoms with van der Waals surface area (Å²) in [5, 5.41) is 3.56. The molecule has 0 bridgehead atoms. The molecule has 1 aliphatic rings. The minimum atomic E-state index is 0.678. The molecule has 0 radical (unpaired) electrons. The first-order valence-corrected chi connectivity index (χ1v) is 8.24. The van der Waals surface area contributed by atoms with E-state index in [1.807, 2.05) is 0 Å². The molecule has 19 heavy (non-hydrogen) atoms. The summed E-state index contributed by atoms with van der Waals surface area (Å²) in [7, 11) is 4.44. The SMILES string of the molecule is CNC1CCC(C(C)C)CC1CN(C)C(C)C(C)C. The zero-order chi connectivity index (χ0) is 14.6. The standard InChI is InChI=1S/C17H36N2/c1-12(2)14(5)19(7)11-16-10-15(13(3)4)8-9-17(16)18-6/h12-18H,8-11H2,1-7H3. The first kappa shape index (κ1) is 17.0. The molecule has 0 spiro atoms. The molecule has 1 fully saturated rings. The molecule has 4 unspecified atom stereocenters. The van der Waals surface area contributed by atoms with E-state index in [4.69, 9.17) is 0 Å². The molecule has 114 valence electrons. The van der Waals surface area contributed by atoms with Crippen LogP contribution in [0.15, 0.2) is 0 Å². The summed E-state index contributed by atoms with van der Waals surface area (Å²) in [6.07, 6.45) is 4.16. The summed E-state index contributed by atoms with van der Waals surface area (Å²) >= 11 is 0. The summed E-state index contributed by atoms with van der Waals surface area (Å²) in [4.78, 5) is 2.57. The van der Waals surface area contributed by atoms with Gasteiger partial charge in [0.05, 0.1) is 0 Å². The Labute approximate surface area is 121 Å². The fourth-order valence-electron chi connectivity index (χ4n) is 3.53. The van der Waals surface area contributed by atoms with Crippen molar-refractivity contribution in [1.82, 2.24) is 10.2 Å². The fourth-order valence-corrected chi connectivity index (χ4v) is 3.53. The highest BCUT2D eigenvalue weighted by Crippen LogP contribution is 2.34. The van der Waals surface area contributed by atoms with Crippen LogP contribution in [-0.4, -0.2) is 37.6 Å². The van der Waals surface area contributed by atoms with Crippen molar-refractivity contribution in [3.05, 3.63) is 0 Å². The second-order valence-corrected chi connectivity index (χ2v) is 7.40. The van der Waals surface area contributed by atoms with Gasteiger partial charge in [0, 0.05) is 18.6 Å². The maximum atomic E-state index is 3.56. The second kappa shape index (κ2) is 7.64. The van der Waals surface area contributed by atoms with Crippen molar-refractivity contribution >= 4 is 0 Å². The Kier molecular flexibility index (Phi) is 6.82. The molecule has 1 saturated carbocycles. The van der Waals surface area contributed by atoms with Crippen molar-refractivity contribution in [2.75, 3.05) is 20.6 Å². The quantitative estimate of drug-likeness (QED) is 0.791. The van der Waals surface area contributed by atoms with Crippen molar-refractivity contribution in [3.8, 4) is 0 Å². The van der Waals surface area contributed by atoms with E-state index in [2.05, 4.69) is 58.9 Å². The molecule has 1 rings (SSSR count). The van der Waals surface area contributed by atoms with E-state index < -0.39 is 0 Å². The molecule has 0 heterocycles. The Morgan fingerprint density at radius 1 is 1.11 bits per heavy atom. The van der Waals surface area contributed by atoms with Crippen LogP contribution in [0.1, 0.15) is 53.9 Å². The molecule has 2 nitrogen and oxygen atoms in total. The van der Waals surface area contributed by atoms with Gasteiger partial charge in [-0.2, -0.15) is 0 Å². The Morgan fingerprint density at radius 3 is 2.21 bits per heavy atom. The third-order valence-electron chi connectivity index (χ3n) is 5.52. The van der Waals surface area contributed by atoms with Gasteiger partial charge in [-0.25, -0.2) is 0 Å². The lowest BCUT2D eigenvalue weighted by atomic mass is 9.73. The van der Waals surface area contributed by atoms with Gasteiger partial charge in [-0.3, -0.25) is 0 Å². The lowest BCUT2D eigenvalue weighted by molar-refractivity contribution is 0.108. The van der Waals surface area contributed by atoms with Gasteiger partial charge in [0.1, 0.15) is 0 Å². The molecule has 0 aromatic carbocycles. The second-order valence-electron chi connectivity index (χ2n) is 7.40. The van der Waals surface area contributed by atoms with Crippen LogP contribution >= 0.6 is 0 Å². The number of hydrogen-bond donors (Lipinski definition) is 1. The molecule has 1 N–H and O–H groups in total. The molecule has 0 saturated heterocycles. The summed E-state index contributed by atoms with van der Waals surface area (Å²) in [6.45, 7) is 13.0. The number of rotatable bonds is 6. The maximum absolute atomic E-state index is 3.56. The maximum Gasteiger partial charge on any atom is 0.0105 e. The lowest BCUT2D eigenvalue weighted by Gasteiger charge is -2.41. The van der Waals surface area contributed by atoms with E-state index in [0.717, 1.165) is 29.7 Å². The molecule has 0 aliphatic heterocycles. The van der Waals surface area contributed by atoms with E-state index in [0.29, 0.717) is 6.04 Å². The zero-order valence-corrected chi connectivity index (χ0v) is 14.2. The third kappa shape index (κ3) is 4.75. The van der Waals surface area contributed by atoms with Crippen LogP contribution in [0.2, 0.25) is 0 Å². The van der Waals surface area contributed by atoms with Gasteiger partial charge in [-0.05, 0) is 64.0 Å². The van der Waals surface area contributed by atoms with E-state index in [1.165, 1.54) is 25.8 Å². The Balaban J connectivity index is 2.60. The van der Waals surface area contributed by atoms with Gasteiger partial charge in [-0.15, -0.1) is 0 Å². The van der Waals surface area contributed by atoms with Crippen molar-refractivity contribution in [1.29, 1.82) is 0 Å². The Hall–Kier alpha value is -0.0800. The van der Waals surface area contributed by atoms with Crippen molar-refractivity contribution in [2.24, 2.45) is 23.7 Å². The first-order chi connectivity index (χ1) is 8.86. The van der Waals surface area contributed by atoms with Crippen LogP contribution < -0.4 is 5.32 Å². The average molecular weight is 268 g/mol. The molecule has 2 heteroatoms. The van der Waals surface area contributed by atoms with Gasteiger partial charge >= 0.3 is 0 Å². The highest BCUT2D eigenvalue weighted by atomic mass is 15.1. The average Bonchev–Trinajstić information content (AvgIpc) is 2.37. The van der Waals surface area contributed by atoms with Crippen LogP contribution in [0.4, 0.5) is 0 Å². The minimum Gasteiger partial charge on any atom is -0.317 e. The summed E-state index contributed by atoms with van der Waals surface area (Å²) in [5.41, 5.74) is 0. The van der Waals surface area contributed by atoms with E-state index in [-0.39, 0.29) is 0 Å². The Morgan fingerprint density at radius 2 is 1.74 bits per heavy atom. The van der Waals surface area contributed by atoms with Crippen molar-refractivity contribution < 1.29 is 0 Å². The molecule has 0 amide bonds. The smallest absolute Gasteiger partial charge is 0.0105 e. The zero-order valence-electron chi connectivity index (χ0n) is 14.2. The van der Waals surface area contributed by atoms with Crippen LogP contribution in [0.3, 0.4) is 0 Å². The number of hydrogen-bond acceptors (Lipinski definition) is 2. The molecular weight excluding hydrogens is 232 g/mol. The predicted octanol–water partition coefficient (Wildman–Crippen LogP) is 3.62. The van der Waals surface area contributed by atoms with Crippen molar-refractivity contribution in [2.45, 2.75) is 66.0 Å². The predicted molar refractivity (Wildman–Crippen MR) is 85.4 cm³/mol. The normalized spacial score (nSPS) is 30.3. The number of nitrogens with zero attached hydrogens (tertiary/aromatic N) is 1. The highest BCUT2D eigenvalue weighted by molar-refractivity contribution is 4.87. The Bertz CT molecular complexity index is 250. The number of nitrogens with one attached hydrogen (secondary N) is 1. The largest absolute Gasteiger partial charge is 0.317 e. The molecule has 0 aromatic heterocycles. The van der Waals surface area contributed by atoms with Crippen LogP contribution in [-0.2, 0) is 0 Å². The molecule has 1 aliphatic carbocycles. The molecule has 0 aromatic rings. The van der Waals surface area contributed by atoms with Crippen LogP contribution in [0, 0.1) is 23.7 Å². The molecule has 4 atom stereocenters. The van der Waals surface area contributed by atoms with Gasteiger partial charge in [0.25, 0.3) is 0 Å². The van der Waals surface area contributed by atoms with Crippen molar-refractivity contribution in [3.63, 3.8) is 0 Å². The minimum absolute atomic E-state index is 0.678. The lowest BCUT2D eigenvalue weighted by Crippen LogP contribution is -2.47. The van der Waals surface area contributed by atoms with E-state index in [9.17, 15) is 0 Å². The monoisotopic (exact) mass is 268 g/mol. The van der Waals surface area contributed by atoms with Gasteiger partial charge in [0.15, 0.2) is 0 Å². The van der Waals surface area contributed by atoms with Gasteiger partial charge in [0.2, 0.25) is 0 Å². The summed E-state index contributed by atoms with van der Waals surface area (Å²) < 4.78 is 0. The summed E-state index contributed by atoms with van der Waals surface area (Å²) in [5.74, 6) is 3.32. The fraction of sp³-hybridized carbons (Fsp3) is 1.00.